The van der Waals surface area contributed by atoms with Crippen LogP contribution in [-0.2, 0) is 30.0 Å². The summed E-state index contributed by atoms with van der Waals surface area (Å²) in [6, 6.07) is 44.8. The average Bonchev–Trinajstić information content (AvgIpc) is 3.62. The predicted octanol–water partition coefficient (Wildman–Crippen LogP) is 6.80. The molecule has 4 atom stereocenters. The van der Waals surface area contributed by atoms with E-state index in [0.717, 1.165) is 22.3 Å². The smallest absolute Gasteiger partial charge is 0.308 e. The summed E-state index contributed by atoms with van der Waals surface area (Å²) in [5, 5.41) is 0. The van der Waals surface area contributed by atoms with E-state index >= 15 is 14.4 Å². The summed E-state index contributed by atoms with van der Waals surface area (Å²) in [4.78, 5) is 58.7. The van der Waals surface area contributed by atoms with Crippen molar-refractivity contribution in [2.45, 2.75) is 17.8 Å². The highest BCUT2D eigenvalue weighted by atomic mass is 16.5. The van der Waals surface area contributed by atoms with Crippen LogP contribution in [0.2, 0.25) is 0 Å². The van der Waals surface area contributed by atoms with E-state index in [1.807, 2.05) is 121 Å². The number of esters is 1. The number of ketones is 1. The maximum absolute atomic E-state index is 15.9. The zero-order valence-electron chi connectivity index (χ0n) is 25.5. The summed E-state index contributed by atoms with van der Waals surface area (Å²) >= 11 is 0. The number of hydrogen-bond donors (Lipinski definition) is 0. The maximum Gasteiger partial charge on any atom is 0.308 e. The highest BCUT2D eigenvalue weighted by Gasteiger charge is 2.82. The third-order valence-electron chi connectivity index (χ3n) is 9.93. The van der Waals surface area contributed by atoms with E-state index in [4.69, 9.17) is 4.74 Å². The molecular formula is C41H29NO5. The molecule has 2 bridgehead atoms. The number of ether oxygens (including phenoxy) is 1. The van der Waals surface area contributed by atoms with Gasteiger partial charge in [0.2, 0.25) is 11.8 Å². The van der Waals surface area contributed by atoms with Gasteiger partial charge in [0.1, 0.15) is 5.75 Å². The molecule has 2 fully saturated rings. The van der Waals surface area contributed by atoms with Crippen molar-refractivity contribution in [1.29, 1.82) is 0 Å². The molecule has 1 aliphatic heterocycles. The Kier molecular flexibility index (Phi) is 6.44. The normalized spacial score (nSPS) is 24.5. The molecule has 47 heavy (non-hydrogen) atoms. The molecule has 5 aromatic rings. The molecule has 6 heteroatoms. The lowest BCUT2D eigenvalue weighted by Crippen LogP contribution is -2.45. The number of fused-ring (bicyclic) bond motifs is 5. The van der Waals surface area contributed by atoms with Gasteiger partial charge in [-0.1, -0.05) is 121 Å². The fraction of sp³-hybridized carbons (Fsp3) is 0.122. The molecule has 1 heterocycles. The minimum Gasteiger partial charge on any atom is -0.427 e. The number of carbonyl (C=O) groups is 4. The number of amides is 2. The van der Waals surface area contributed by atoms with Crippen LogP contribution in [0.5, 0.6) is 5.75 Å². The van der Waals surface area contributed by atoms with E-state index in [0.29, 0.717) is 22.6 Å². The summed E-state index contributed by atoms with van der Waals surface area (Å²) in [6.07, 6.45) is 0. The van der Waals surface area contributed by atoms with Crippen LogP contribution in [-0.4, -0.2) is 23.6 Å². The highest BCUT2D eigenvalue weighted by molar-refractivity contribution is 6.39. The Morgan fingerprint density at radius 3 is 1.32 bits per heavy atom. The lowest BCUT2D eigenvalue weighted by atomic mass is 9.59. The molecule has 0 unspecified atom stereocenters. The van der Waals surface area contributed by atoms with Crippen molar-refractivity contribution in [3.63, 3.8) is 0 Å². The molecule has 0 spiro atoms. The Hall–Kier alpha value is -5.88. The van der Waals surface area contributed by atoms with Crippen molar-refractivity contribution in [3.8, 4) is 5.75 Å². The lowest BCUT2D eigenvalue weighted by molar-refractivity contribution is -0.132. The minimum absolute atomic E-state index is 0.165. The number of anilines is 1. The second kappa shape index (κ2) is 10.6. The number of hydrogen-bond acceptors (Lipinski definition) is 5. The lowest BCUT2D eigenvalue weighted by Gasteiger charge is -2.39. The Morgan fingerprint density at radius 2 is 0.936 bits per heavy atom. The van der Waals surface area contributed by atoms with Gasteiger partial charge in [0.05, 0.1) is 28.4 Å². The molecule has 1 saturated heterocycles. The molecule has 6 nitrogen and oxygen atoms in total. The van der Waals surface area contributed by atoms with Gasteiger partial charge in [0.15, 0.2) is 5.78 Å². The monoisotopic (exact) mass is 615 g/mol. The van der Waals surface area contributed by atoms with Gasteiger partial charge in [0.25, 0.3) is 0 Å². The van der Waals surface area contributed by atoms with E-state index in [2.05, 4.69) is 0 Å². The number of imide groups is 1. The van der Waals surface area contributed by atoms with Crippen molar-refractivity contribution in [2.24, 2.45) is 11.8 Å². The third kappa shape index (κ3) is 3.78. The summed E-state index contributed by atoms with van der Waals surface area (Å²) < 4.78 is 5.21. The van der Waals surface area contributed by atoms with Gasteiger partial charge >= 0.3 is 5.97 Å². The molecule has 2 amide bonds. The molecule has 228 valence electrons. The minimum atomic E-state index is -1.46. The number of rotatable bonds is 6. The van der Waals surface area contributed by atoms with Crippen LogP contribution < -0.4 is 9.64 Å². The molecule has 3 aliphatic rings. The molecule has 0 N–H and O–H groups in total. The van der Waals surface area contributed by atoms with Crippen LogP contribution in [0.25, 0.3) is 11.1 Å². The molecule has 0 aromatic heterocycles. The zero-order chi connectivity index (χ0) is 32.3. The van der Waals surface area contributed by atoms with Crippen molar-refractivity contribution in [3.05, 3.63) is 168 Å². The van der Waals surface area contributed by atoms with Crippen LogP contribution in [0.1, 0.15) is 29.2 Å². The topological polar surface area (TPSA) is 80.8 Å². The third-order valence-corrected chi connectivity index (χ3v) is 9.93. The fourth-order valence-corrected chi connectivity index (χ4v) is 8.42. The van der Waals surface area contributed by atoms with E-state index in [-0.39, 0.29) is 5.78 Å². The quantitative estimate of drug-likeness (QED) is 0.119. The van der Waals surface area contributed by atoms with Crippen LogP contribution >= 0.6 is 0 Å². The average molecular weight is 616 g/mol. The van der Waals surface area contributed by atoms with Gasteiger partial charge in [-0.2, -0.15) is 0 Å². The summed E-state index contributed by atoms with van der Waals surface area (Å²) in [7, 11) is 0. The Bertz CT molecular complexity index is 1970. The summed E-state index contributed by atoms with van der Waals surface area (Å²) in [6.45, 7) is 1.31. The first kappa shape index (κ1) is 28.6. The molecule has 5 aromatic carbocycles. The van der Waals surface area contributed by atoms with Gasteiger partial charge in [-0.25, -0.2) is 4.90 Å². The van der Waals surface area contributed by atoms with Crippen LogP contribution in [0.3, 0.4) is 0 Å². The fourth-order valence-electron chi connectivity index (χ4n) is 8.42. The first-order valence-corrected chi connectivity index (χ1v) is 15.6. The molecular weight excluding hydrogens is 586 g/mol. The van der Waals surface area contributed by atoms with E-state index in [9.17, 15) is 4.79 Å². The second-order valence-corrected chi connectivity index (χ2v) is 12.2. The highest BCUT2D eigenvalue weighted by Crippen LogP contribution is 2.74. The molecule has 1 saturated carbocycles. The van der Waals surface area contributed by atoms with Crippen LogP contribution in [0.15, 0.2) is 146 Å². The Balaban J connectivity index is 1.48. The Morgan fingerprint density at radius 1 is 0.553 bits per heavy atom. The first-order chi connectivity index (χ1) is 22.9. The van der Waals surface area contributed by atoms with E-state index in [1.54, 1.807) is 24.3 Å². The van der Waals surface area contributed by atoms with Crippen molar-refractivity contribution >= 4 is 40.4 Å². The second-order valence-electron chi connectivity index (χ2n) is 12.2. The van der Waals surface area contributed by atoms with Gasteiger partial charge in [-0.15, -0.1) is 0 Å². The van der Waals surface area contributed by atoms with Crippen molar-refractivity contribution < 1.29 is 23.9 Å². The maximum atomic E-state index is 15.9. The zero-order valence-corrected chi connectivity index (χ0v) is 25.5. The molecule has 2 aliphatic carbocycles. The number of nitrogens with zero attached hydrogens (tertiary/aromatic N) is 1. The summed E-state index contributed by atoms with van der Waals surface area (Å²) in [5.74, 6) is -3.23. The van der Waals surface area contributed by atoms with E-state index < -0.39 is 40.4 Å². The number of allylic oxidation sites excluding steroid dienone is 2. The standard InChI is InChI=1S/C41H29NO5/c1-26(43)47-32-24-22-31(23-25-32)42-37(44)35-36(38(42)45)41(30-20-12-5-13-21-30)34(28-16-8-3-9-17-28)33(27-14-6-2-7-15-27)40(35,39(41)46)29-18-10-4-11-19-29/h2-25,35-36H,1H3/t35-,36-,40+,41+/m1/s1. The largest absolute Gasteiger partial charge is 0.427 e. The van der Waals surface area contributed by atoms with Gasteiger partial charge in [-0.05, 0) is 57.7 Å². The SMILES string of the molecule is CC(=O)Oc1ccc(N2C(=O)[C@H]3[C@H](C2=O)[C@@]2(c4ccccc4)C(=O)[C@@]3(c3ccccc3)C(c3ccccc3)=C2c2ccccc2)cc1. The van der Waals surface area contributed by atoms with Gasteiger partial charge < -0.3 is 4.74 Å². The summed E-state index contributed by atoms with van der Waals surface area (Å²) in [5.41, 5.74) is 1.92. The number of carbonyl (C=O) groups excluding carboxylic acids is 4. The van der Waals surface area contributed by atoms with Crippen LogP contribution in [0, 0.1) is 11.8 Å². The first-order valence-electron chi connectivity index (χ1n) is 15.6. The van der Waals surface area contributed by atoms with E-state index in [1.165, 1.54) is 11.8 Å². The van der Waals surface area contributed by atoms with Crippen LogP contribution in [0.4, 0.5) is 5.69 Å². The molecule has 0 radical (unpaired) electrons. The van der Waals surface area contributed by atoms with Gasteiger partial charge in [-0.3, -0.25) is 19.2 Å². The van der Waals surface area contributed by atoms with Crippen molar-refractivity contribution in [1.82, 2.24) is 0 Å². The Labute approximate surface area is 271 Å². The predicted molar refractivity (Wildman–Crippen MR) is 178 cm³/mol. The van der Waals surface area contributed by atoms with Crippen molar-refractivity contribution in [2.75, 3.05) is 4.90 Å². The number of Topliss-reactive ketones (excluding diaryl/α,β-unsaturated/α-hetero) is 1. The van der Waals surface area contributed by atoms with Gasteiger partial charge in [0, 0.05) is 6.92 Å². The number of benzene rings is 5. The molecule has 8 rings (SSSR count).